The average Bonchev–Trinajstić information content (AvgIpc) is 2.18. The lowest BCUT2D eigenvalue weighted by Gasteiger charge is -2.12. The molecule has 5 heteroatoms. The Balaban J connectivity index is 2.73. The molecule has 0 spiro atoms. The summed E-state index contributed by atoms with van der Waals surface area (Å²) in [6.07, 6.45) is 1.09. The van der Waals surface area contributed by atoms with E-state index in [-0.39, 0.29) is 32.7 Å². The van der Waals surface area contributed by atoms with Crippen LogP contribution in [0.4, 0.5) is 0 Å². The van der Waals surface area contributed by atoms with Crippen molar-refractivity contribution in [2.45, 2.75) is 0 Å². The van der Waals surface area contributed by atoms with Crippen LogP contribution in [0.15, 0.2) is 23.9 Å². The molecule has 76 valence electrons. The lowest BCUT2D eigenvalue weighted by Crippen LogP contribution is -2.21. The zero-order chi connectivity index (χ0) is 11.2. The summed E-state index contributed by atoms with van der Waals surface area (Å²) < 4.78 is 0. The molecule has 0 atom stereocenters. The van der Waals surface area contributed by atoms with Gasteiger partial charge in [-0.25, -0.2) is 0 Å². The van der Waals surface area contributed by atoms with Gasteiger partial charge in [-0.15, -0.1) is 0 Å². The van der Waals surface area contributed by atoms with Crippen LogP contribution in [0.25, 0.3) is 0 Å². The molecular formula is C10H5Cl2NO2. The molecule has 0 unspecified atom stereocenters. The molecule has 15 heavy (non-hydrogen) atoms. The first-order valence-electron chi connectivity index (χ1n) is 4.06. The van der Waals surface area contributed by atoms with Crippen LogP contribution in [0, 0.1) is 0 Å². The van der Waals surface area contributed by atoms with E-state index in [9.17, 15) is 9.59 Å². The fraction of sp³-hybridized carbons (Fsp3) is 0. The highest BCUT2D eigenvalue weighted by atomic mass is 35.5. The van der Waals surface area contributed by atoms with Gasteiger partial charge >= 0.3 is 0 Å². The van der Waals surface area contributed by atoms with E-state index in [1.807, 2.05) is 0 Å². The molecule has 2 N–H and O–H groups in total. The topological polar surface area (TPSA) is 60.2 Å². The molecule has 0 saturated heterocycles. The summed E-state index contributed by atoms with van der Waals surface area (Å²) in [5.41, 5.74) is 5.75. The zero-order valence-electron chi connectivity index (χ0n) is 7.38. The van der Waals surface area contributed by atoms with Gasteiger partial charge in [-0.3, -0.25) is 9.59 Å². The van der Waals surface area contributed by atoms with E-state index in [2.05, 4.69) is 0 Å². The average molecular weight is 242 g/mol. The molecule has 1 aromatic rings. The highest BCUT2D eigenvalue weighted by Gasteiger charge is 2.25. The quantitative estimate of drug-likeness (QED) is 0.758. The summed E-state index contributed by atoms with van der Waals surface area (Å²) >= 11 is 11.5. The number of fused-ring (bicyclic) bond motifs is 1. The van der Waals surface area contributed by atoms with Gasteiger partial charge in [0.05, 0.1) is 15.7 Å². The van der Waals surface area contributed by atoms with E-state index in [4.69, 9.17) is 28.9 Å². The molecule has 3 nitrogen and oxygen atoms in total. The molecule has 0 fully saturated rings. The number of allylic oxidation sites excluding steroid dienone is 2. The number of carbonyl (C=O) groups is 2. The van der Waals surface area contributed by atoms with Crippen LogP contribution in [-0.4, -0.2) is 11.6 Å². The van der Waals surface area contributed by atoms with Crippen molar-refractivity contribution in [3.63, 3.8) is 0 Å². The van der Waals surface area contributed by atoms with Crippen molar-refractivity contribution in [2.75, 3.05) is 0 Å². The first-order chi connectivity index (χ1) is 7.00. The fourth-order valence-corrected chi connectivity index (χ4v) is 1.71. The lowest BCUT2D eigenvalue weighted by molar-refractivity contribution is 0.0983. The van der Waals surface area contributed by atoms with E-state index < -0.39 is 5.78 Å². The number of halogens is 2. The lowest BCUT2D eigenvalue weighted by atomic mass is 9.93. The third-order valence-corrected chi connectivity index (χ3v) is 2.84. The monoisotopic (exact) mass is 241 g/mol. The number of nitrogens with two attached hydrogens (primary N) is 1. The van der Waals surface area contributed by atoms with Crippen molar-refractivity contribution in [1.82, 2.24) is 0 Å². The largest absolute Gasteiger partial charge is 0.395 e. The van der Waals surface area contributed by atoms with E-state index in [0.29, 0.717) is 0 Å². The Morgan fingerprint density at radius 3 is 2.13 bits per heavy atom. The molecular weight excluding hydrogens is 237 g/mol. The molecule has 0 bridgehead atoms. The third-order valence-electron chi connectivity index (χ3n) is 2.12. The number of ketones is 2. The van der Waals surface area contributed by atoms with E-state index in [1.54, 1.807) is 0 Å². The van der Waals surface area contributed by atoms with Crippen LogP contribution < -0.4 is 5.73 Å². The number of hydrogen-bond acceptors (Lipinski definition) is 3. The van der Waals surface area contributed by atoms with Gasteiger partial charge in [0.25, 0.3) is 0 Å². The second kappa shape index (κ2) is 3.36. The zero-order valence-corrected chi connectivity index (χ0v) is 8.89. The Bertz CT molecular complexity index is 520. The highest BCUT2D eigenvalue weighted by molar-refractivity contribution is 6.43. The van der Waals surface area contributed by atoms with Crippen molar-refractivity contribution in [3.8, 4) is 0 Å². The summed E-state index contributed by atoms with van der Waals surface area (Å²) in [5, 5.41) is 0.469. The van der Waals surface area contributed by atoms with Crippen LogP contribution in [0.1, 0.15) is 20.7 Å². The number of rotatable bonds is 0. The second-order valence-electron chi connectivity index (χ2n) is 3.10. The summed E-state index contributed by atoms with van der Waals surface area (Å²) in [5.74, 6) is -0.733. The van der Waals surface area contributed by atoms with E-state index in [1.165, 1.54) is 12.1 Å². The predicted octanol–water partition coefficient (Wildman–Crippen LogP) is 2.21. The molecule has 0 heterocycles. The molecule has 1 aromatic carbocycles. The Labute approximate surface area is 95.5 Å². The van der Waals surface area contributed by atoms with Gasteiger partial charge in [-0.05, 0) is 12.1 Å². The predicted molar refractivity (Wildman–Crippen MR) is 57.4 cm³/mol. The van der Waals surface area contributed by atoms with Gasteiger partial charge in [0, 0.05) is 17.2 Å². The maximum absolute atomic E-state index is 11.6. The Kier molecular flexibility index (Phi) is 2.29. The van der Waals surface area contributed by atoms with Crippen molar-refractivity contribution in [1.29, 1.82) is 0 Å². The van der Waals surface area contributed by atoms with Crippen molar-refractivity contribution < 1.29 is 9.59 Å². The number of hydrogen-bond donors (Lipinski definition) is 1. The third kappa shape index (κ3) is 1.54. The standard InChI is InChI=1S/C10H5Cl2NO2/c11-6-1-4-5(2-7(6)12)10(15)8(13)3-9(4)14/h1-3H,13H2. The molecule has 0 radical (unpaired) electrons. The maximum Gasteiger partial charge on any atom is 0.209 e. The minimum Gasteiger partial charge on any atom is -0.395 e. The van der Waals surface area contributed by atoms with Crippen molar-refractivity contribution in [2.24, 2.45) is 5.73 Å². The second-order valence-corrected chi connectivity index (χ2v) is 3.92. The first-order valence-corrected chi connectivity index (χ1v) is 4.81. The SMILES string of the molecule is NC1=CC(=O)c2cc(Cl)c(Cl)cc2C1=O. The minimum atomic E-state index is -0.400. The number of carbonyl (C=O) groups excluding carboxylic acids is 2. The Hall–Kier alpha value is -1.32. The van der Waals surface area contributed by atoms with E-state index >= 15 is 0 Å². The maximum atomic E-state index is 11.6. The van der Waals surface area contributed by atoms with Gasteiger partial charge in [-0.2, -0.15) is 0 Å². The van der Waals surface area contributed by atoms with Gasteiger partial charge < -0.3 is 5.73 Å². The van der Waals surface area contributed by atoms with Gasteiger partial charge in [-0.1, -0.05) is 23.2 Å². The van der Waals surface area contributed by atoms with Crippen LogP contribution in [0.2, 0.25) is 10.0 Å². The van der Waals surface area contributed by atoms with Crippen LogP contribution >= 0.6 is 23.2 Å². The Morgan fingerprint density at radius 2 is 1.53 bits per heavy atom. The van der Waals surface area contributed by atoms with Gasteiger partial charge in [0.15, 0.2) is 5.78 Å². The van der Waals surface area contributed by atoms with Crippen LogP contribution in [0.3, 0.4) is 0 Å². The van der Waals surface area contributed by atoms with Crippen LogP contribution in [0.5, 0.6) is 0 Å². The molecule has 0 aliphatic heterocycles. The molecule has 2 rings (SSSR count). The summed E-state index contributed by atoms with van der Waals surface area (Å²) in [6, 6.07) is 2.74. The van der Waals surface area contributed by atoms with Gasteiger partial charge in [0.2, 0.25) is 5.78 Å². The molecule has 1 aliphatic rings. The summed E-state index contributed by atoms with van der Waals surface area (Å²) in [7, 11) is 0. The fourth-order valence-electron chi connectivity index (χ4n) is 1.38. The smallest absolute Gasteiger partial charge is 0.209 e. The van der Waals surface area contributed by atoms with Crippen molar-refractivity contribution >= 4 is 34.8 Å². The summed E-state index contributed by atoms with van der Waals surface area (Å²) in [4.78, 5) is 23.1. The summed E-state index contributed by atoms with van der Waals surface area (Å²) in [6.45, 7) is 0. The number of benzene rings is 1. The number of Topliss-reactive ketones (excluding diaryl/α,β-unsaturated/α-hetero) is 1. The van der Waals surface area contributed by atoms with E-state index in [0.717, 1.165) is 6.08 Å². The molecule has 0 saturated carbocycles. The molecule has 0 aromatic heterocycles. The molecule has 0 amide bonds. The van der Waals surface area contributed by atoms with Crippen molar-refractivity contribution in [3.05, 3.63) is 45.1 Å². The normalized spacial score (nSPS) is 14.9. The van der Waals surface area contributed by atoms with Gasteiger partial charge in [0.1, 0.15) is 0 Å². The molecule has 1 aliphatic carbocycles. The van der Waals surface area contributed by atoms with Crippen LogP contribution in [-0.2, 0) is 0 Å². The Morgan fingerprint density at radius 1 is 1.00 bits per heavy atom. The minimum absolute atomic E-state index is 0.0779. The first kappa shape index (κ1) is 10.2. The highest BCUT2D eigenvalue weighted by Crippen LogP contribution is 2.29.